The minimum Gasteiger partial charge on any atom is -0.490 e. The number of hydrogen-bond acceptors (Lipinski definition) is 6. The van der Waals surface area contributed by atoms with E-state index in [1.165, 1.54) is 6.07 Å². The number of aryl methyl sites for hydroxylation is 2. The molecular formula is C31H40BFN2O6. The van der Waals surface area contributed by atoms with Crippen molar-refractivity contribution >= 4 is 29.7 Å². The Labute approximate surface area is 241 Å². The number of carboxylic acids is 1. The highest BCUT2D eigenvalue weighted by Gasteiger charge is 2.53. The first-order chi connectivity index (χ1) is 18.9. The van der Waals surface area contributed by atoms with Gasteiger partial charge in [-0.25, -0.2) is 14.2 Å². The zero-order valence-corrected chi connectivity index (χ0v) is 25.7. The third-order valence-corrected chi connectivity index (χ3v) is 8.60. The number of fused-ring (bicyclic) bond motifs is 2. The molecule has 1 aromatic carbocycles. The van der Waals surface area contributed by atoms with E-state index in [4.69, 9.17) is 23.8 Å². The Balaban J connectivity index is 1.85. The number of pyridine rings is 1. The van der Waals surface area contributed by atoms with Gasteiger partial charge in [0.2, 0.25) is 0 Å². The van der Waals surface area contributed by atoms with Crippen LogP contribution in [-0.4, -0.2) is 51.2 Å². The maximum atomic E-state index is 15.6. The molecule has 0 amide bonds. The Hall–Kier alpha value is -2.95. The van der Waals surface area contributed by atoms with Crippen molar-refractivity contribution in [2.45, 2.75) is 98.1 Å². The topological polar surface area (TPSA) is 92.0 Å². The predicted octanol–water partition coefficient (Wildman–Crippen LogP) is 5.56. The van der Waals surface area contributed by atoms with Gasteiger partial charge in [0.15, 0.2) is 17.7 Å². The lowest BCUT2D eigenvalue weighted by Crippen LogP contribution is -2.41. The van der Waals surface area contributed by atoms with Crippen LogP contribution in [0.3, 0.4) is 0 Å². The summed E-state index contributed by atoms with van der Waals surface area (Å²) in [5.74, 6) is -1.35. The molecule has 0 bridgehead atoms. The standard InChI is InChI=1S/C31H40BFN2O6/c1-16-18-12-11-13-38-25(18)21(33)14-19(16)24-20-15-22(32-40-30(6,7)31(8,9)41-32)35(10)27(20)34-17(2)23(24)26(28(36)37)39-29(3,4)5/h14-15,26H,11-13H2,1-10H3,(H,36,37). The van der Waals surface area contributed by atoms with Crippen LogP contribution in [0.25, 0.3) is 22.2 Å². The highest BCUT2D eigenvalue weighted by molar-refractivity contribution is 6.62. The SMILES string of the molecule is Cc1nc2c(cc(B3OC(C)(C)C(C)(C)O3)n2C)c(-c2cc(F)c3c(c2C)CCCO3)c1C(OC(C)(C)C)C(=O)O. The van der Waals surface area contributed by atoms with Crippen molar-refractivity contribution in [2.24, 2.45) is 7.05 Å². The normalized spacial score (nSPS) is 18.9. The fourth-order valence-electron chi connectivity index (χ4n) is 5.78. The average Bonchev–Trinajstić information content (AvgIpc) is 3.29. The van der Waals surface area contributed by atoms with Crippen LogP contribution in [-0.2, 0) is 32.3 Å². The molecule has 0 spiro atoms. The van der Waals surface area contributed by atoms with Crippen molar-refractivity contribution in [3.05, 3.63) is 40.3 Å². The minimum absolute atomic E-state index is 0.271. The summed E-state index contributed by atoms with van der Waals surface area (Å²) >= 11 is 0. The molecule has 8 nitrogen and oxygen atoms in total. The predicted molar refractivity (Wildman–Crippen MR) is 156 cm³/mol. The van der Waals surface area contributed by atoms with Crippen LogP contribution in [0.15, 0.2) is 12.1 Å². The lowest BCUT2D eigenvalue weighted by Gasteiger charge is -2.32. The second-order valence-corrected chi connectivity index (χ2v) is 13.2. The summed E-state index contributed by atoms with van der Waals surface area (Å²) in [5, 5.41) is 11.1. The Morgan fingerprint density at radius 3 is 2.39 bits per heavy atom. The van der Waals surface area contributed by atoms with Crippen molar-refractivity contribution in [3.63, 3.8) is 0 Å². The van der Waals surface area contributed by atoms with Gasteiger partial charge in [-0.05, 0) is 98.4 Å². The van der Waals surface area contributed by atoms with Gasteiger partial charge in [-0.3, -0.25) is 0 Å². The monoisotopic (exact) mass is 566 g/mol. The number of aliphatic carboxylic acids is 1. The summed E-state index contributed by atoms with van der Waals surface area (Å²) in [5.41, 5.74) is 3.14. The second kappa shape index (κ2) is 9.82. The molecule has 1 saturated heterocycles. The zero-order valence-electron chi connectivity index (χ0n) is 25.7. The van der Waals surface area contributed by atoms with E-state index >= 15 is 4.39 Å². The van der Waals surface area contributed by atoms with Crippen LogP contribution in [0.5, 0.6) is 5.75 Å². The van der Waals surface area contributed by atoms with Gasteiger partial charge < -0.3 is 28.5 Å². The Bertz CT molecular complexity index is 1540. The fourth-order valence-corrected chi connectivity index (χ4v) is 5.78. The van der Waals surface area contributed by atoms with E-state index in [2.05, 4.69) is 0 Å². The van der Waals surface area contributed by atoms with Gasteiger partial charge >= 0.3 is 13.1 Å². The molecule has 5 rings (SSSR count). The van der Waals surface area contributed by atoms with Gasteiger partial charge in [-0.1, -0.05) is 0 Å². The summed E-state index contributed by atoms with van der Waals surface area (Å²) in [6.07, 6.45) is 0.108. The van der Waals surface area contributed by atoms with Gasteiger partial charge in [0, 0.05) is 34.8 Å². The third-order valence-electron chi connectivity index (χ3n) is 8.60. The van der Waals surface area contributed by atoms with Crippen molar-refractivity contribution in [3.8, 4) is 16.9 Å². The summed E-state index contributed by atoms with van der Waals surface area (Å²) < 4.78 is 42.1. The first kappa shape index (κ1) is 29.5. The van der Waals surface area contributed by atoms with Crippen LogP contribution in [0.4, 0.5) is 4.39 Å². The summed E-state index contributed by atoms with van der Waals surface area (Å²) in [6.45, 7) is 17.6. The average molecular weight is 566 g/mol. The zero-order chi connectivity index (χ0) is 30.2. The van der Waals surface area contributed by atoms with Crippen molar-refractivity contribution in [1.29, 1.82) is 0 Å². The highest BCUT2D eigenvalue weighted by Crippen LogP contribution is 2.45. The number of carbonyl (C=O) groups is 1. The maximum absolute atomic E-state index is 15.6. The maximum Gasteiger partial charge on any atom is 0.512 e. The number of hydrogen-bond donors (Lipinski definition) is 1. The molecule has 0 aliphatic carbocycles. The number of rotatable bonds is 5. The number of ether oxygens (including phenoxy) is 2. The molecule has 3 aromatic rings. The summed E-state index contributed by atoms with van der Waals surface area (Å²) in [6, 6.07) is 3.38. The third kappa shape index (κ3) is 4.94. The number of aromatic nitrogens is 2. The second-order valence-electron chi connectivity index (χ2n) is 13.2. The summed E-state index contributed by atoms with van der Waals surface area (Å²) in [7, 11) is 1.21. The molecule has 1 N–H and O–H groups in total. The largest absolute Gasteiger partial charge is 0.512 e. The van der Waals surface area contributed by atoms with E-state index in [-0.39, 0.29) is 5.75 Å². The number of benzene rings is 1. The van der Waals surface area contributed by atoms with Crippen molar-refractivity contribution in [1.82, 2.24) is 9.55 Å². The molecule has 10 heteroatoms. The van der Waals surface area contributed by atoms with Gasteiger partial charge in [-0.15, -0.1) is 0 Å². The van der Waals surface area contributed by atoms with E-state index in [1.807, 2.05) is 73.1 Å². The Morgan fingerprint density at radius 2 is 1.80 bits per heavy atom. The molecule has 41 heavy (non-hydrogen) atoms. The van der Waals surface area contributed by atoms with Crippen LogP contribution >= 0.6 is 0 Å². The molecule has 1 atom stereocenters. The molecule has 2 aliphatic heterocycles. The Morgan fingerprint density at radius 1 is 1.17 bits per heavy atom. The van der Waals surface area contributed by atoms with Crippen molar-refractivity contribution < 1.29 is 33.1 Å². The Kier molecular flexibility index (Phi) is 7.07. The van der Waals surface area contributed by atoms with Crippen LogP contribution in [0, 0.1) is 19.7 Å². The fraction of sp³-hybridized carbons (Fsp3) is 0.548. The smallest absolute Gasteiger partial charge is 0.490 e. The van der Waals surface area contributed by atoms with Crippen molar-refractivity contribution in [2.75, 3.05) is 6.61 Å². The van der Waals surface area contributed by atoms with E-state index in [0.717, 1.165) is 23.1 Å². The molecule has 4 heterocycles. The molecular weight excluding hydrogens is 526 g/mol. The van der Waals surface area contributed by atoms with Gasteiger partial charge in [0.1, 0.15) is 5.65 Å². The molecule has 1 fully saturated rings. The molecule has 0 saturated carbocycles. The van der Waals surface area contributed by atoms with Gasteiger partial charge in [-0.2, -0.15) is 0 Å². The number of halogens is 1. The van der Waals surface area contributed by atoms with Gasteiger partial charge in [0.25, 0.3) is 0 Å². The number of nitrogens with zero attached hydrogens (tertiary/aromatic N) is 2. The quantitative estimate of drug-likeness (QED) is 0.405. The van der Waals surface area contributed by atoms with Crippen LogP contribution in [0.1, 0.15) is 83.4 Å². The lowest BCUT2D eigenvalue weighted by molar-refractivity contribution is -0.160. The van der Waals surface area contributed by atoms with E-state index in [0.29, 0.717) is 46.4 Å². The van der Waals surface area contributed by atoms with E-state index < -0.39 is 41.8 Å². The first-order valence-corrected chi connectivity index (χ1v) is 14.1. The minimum atomic E-state index is -1.34. The van der Waals surface area contributed by atoms with Gasteiger partial charge in [0.05, 0.1) is 29.0 Å². The number of carboxylic acid groups (broad SMARTS) is 1. The van der Waals surface area contributed by atoms with E-state index in [1.54, 1.807) is 6.92 Å². The highest BCUT2D eigenvalue weighted by atomic mass is 19.1. The van der Waals surface area contributed by atoms with Crippen LogP contribution in [0.2, 0.25) is 0 Å². The molecule has 1 unspecified atom stereocenters. The molecule has 220 valence electrons. The molecule has 0 radical (unpaired) electrons. The lowest BCUT2D eigenvalue weighted by atomic mass is 9.83. The molecule has 2 aliphatic rings. The van der Waals surface area contributed by atoms with E-state index in [9.17, 15) is 9.90 Å². The molecule has 2 aromatic heterocycles. The first-order valence-electron chi connectivity index (χ1n) is 14.1. The van der Waals surface area contributed by atoms with Crippen LogP contribution < -0.4 is 10.3 Å². The summed E-state index contributed by atoms with van der Waals surface area (Å²) in [4.78, 5) is 17.7.